The largest absolute Gasteiger partial charge is 0.378 e. The molecule has 4 aromatic rings. The molecule has 1 aliphatic heterocycles. The minimum absolute atomic E-state index is 0.784. The van der Waals surface area contributed by atoms with Crippen LogP contribution in [0.3, 0.4) is 0 Å². The van der Waals surface area contributed by atoms with Gasteiger partial charge in [-0.1, -0.05) is 0 Å². The summed E-state index contributed by atoms with van der Waals surface area (Å²) < 4.78 is 7.47. The minimum Gasteiger partial charge on any atom is -0.378 e. The van der Waals surface area contributed by atoms with Crippen molar-refractivity contribution in [2.24, 2.45) is 0 Å². The highest BCUT2D eigenvalue weighted by molar-refractivity contribution is 5.75. The second kappa shape index (κ2) is 6.97. The van der Waals surface area contributed by atoms with E-state index in [-0.39, 0.29) is 0 Å². The first kappa shape index (κ1) is 16.8. The number of hydrogen-bond acceptors (Lipinski definition) is 6. The molecule has 1 fully saturated rings. The molecule has 0 atom stereocenters. The van der Waals surface area contributed by atoms with Gasteiger partial charge in [-0.15, -0.1) is 0 Å². The summed E-state index contributed by atoms with van der Waals surface area (Å²) in [6.07, 6.45) is 9.22. The van der Waals surface area contributed by atoms with Gasteiger partial charge in [0.05, 0.1) is 31.3 Å². The lowest BCUT2D eigenvalue weighted by atomic mass is 10.2. The molecule has 1 aromatic carbocycles. The number of morpholine rings is 1. The van der Waals surface area contributed by atoms with Crippen molar-refractivity contribution in [3.8, 4) is 11.3 Å². The lowest BCUT2D eigenvalue weighted by molar-refractivity contribution is 0.122. The molecule has 8 heteroatoms. The molecular formula is C20H21N7O. The Morgan fingerprint density at radius 1 is 1.07 bits per heavy atom. The highest BCUT2D eigenvalue weighted by Crippen LogP contribution is 2.29. The van der Waals surface area contributed by atoms with Crippen molar-refractivity contribution in [3.05, 3.63) is 55.2 Å². The van der Waals surface area contributed by atoms with Crippen LogP contribution in [0.2, 0.25) is 0 Å². The van der Waals surface area contributed by atoms with Crippen LogP contribution in [0, 0.1) is 0 Å². The smallest absolute Gasteiger partial charge is 0.181 e. The Labute approximate surface area is 162 Å². The summed E-state index contributed by atoms with van der Waals surface area (Å²) in [7, 11) is 2.01. The van der Waals surface area contributed by atoms with E-state index >= 15 is 0 Å². The van der Waals surface area contributed by atoms with Crippen LogP contribution in [0.1, 0.15) is 0 Å². The molecule has 0 unspecified atom stereocenters. The Bertz CT molecular complexity index is 1070. The maximum absolute atomic E-state index is 5.44. The Hall–Kier alpha value is -3.39. The number of aromatic amines is 1. The van der Waals surface area contributed by atoms with Gasteiger partial charge < -0.3 is 14.5 Å². The summed E-state index contributed by atoms with van der Waals surface area (Å²) in [6, 6.07) is 8.55. The number of hydrogen-bond donors (Lipinski definition) is 1. The number of nitrogens with zero attached hydrogens (tertiary/aromatic N) is 6. The third-order valence-corrected chi connectivity index (χ3v) is 5.13. The molecule has 5 rings (SSSR count). The van der Waals surface area contributed by atoms with E-state index in [1.54, 1.807) is 12.4 Å². The number of imidazole rings is 1. The van der Waals surface area contributed by atoms with E-state index in [1.807, 2.05) is 30.0 Å². The molecule has 1 aliphatic rings. The lowest BCUT2D eigenvalue weighted by Crippen LogP contribution is -2.36. The van der Waals surface area contributed by atoms with E-state index in [0.29, 0.717) is 0 Å². The summed E-state index contributed by atoms with van der Waals surface area (Å²) in [5.41, 5.74) is 5.00. The van der Waals surface area contributed by atoms with Gasteiger partial charge in [-0.3, -0.25) is 9.50 Å². The Kier molecular flexibility index (Phi) is 4.17. The van der Waals surface area contributed by atoms with Crippen LogP contribution in [-0.4, -0.2) is 57.9 Å². The van der Waals surface area contributed by atoms with Gasteiger partial charge in [0.15, 0.2) is 11.5 Å². The highest BCUT2D eigenvalue weighted by Gasteiger charge is 2.16. The van der Waals surface area contributed by atoms with Crippen molar-refractivity contribution in [3.63, 3.8) is 0 Å². The topological polar surface area (TPSA) is 74.6 Å². The first-order chi connectivity index (χ1) is 13.8. The maximum atomic E-state index is 5.44. The second-order valence-corrected chi connectivity index (χ2v) is 6.75. The van der Waals surface area contributed by atoms with E-state index in [2.05, 4.69) is 49.2 Å². The number of rotatable bonds is 4. The van der Waals surface area contributed by atoms with Gasteiger partial charge in [-0.2, -0.15) is 5.10 Å². The maximum Gasteiger partial charge on any atom is 0.181 e. The molecule has 142 valence electrons. The monoisotopic (exact) mass is 375 g/mol. The molecule has 0 bridgehead atoms. The number of anilines is 3. The van der Waals surface area contributed by atoms with Crippen molar-refractivity contribution in [1.29, 1.82) is 0 Å². The molecule has 0 spiro atoms. The van der Waals surface area contributed by atoms with Gasteiger partial charge in [-0.05, 0) is 24.3 Å². The number of fused-ring (bicyclic) bond motifs is 1. The standard InChI is InChI=1S/C20H21N7O/c1-25(16-2-4-17(5-3-16)26-8-10-28-11-9-26)19-20-21-6-7-27(20)18(14-22-19)15-12-23-24-13-15/h2-7,12-14H,8-11H2,1H3,(H,23,24). The molecule has 0 saturated carbocycles. The molecule has 1 N–H and O–H groups in total. The molecular weight excluding hydrogens is 354 g/mol. The summed E-state index contributed by atoms with van der Waals surface area (Å²) >= 11 is 0. The van der Waals surface area contributed by atoms with Gasteiger partial charge in [0, 0.05) is 55.7 Å². The first-order valence-electron chi connectivity index (χ1n) is 9.29. The van der Waals surface area contributed by atoms with E-state index < -0.39 is 0 Å². The van der Waals surface area contributed by atoms with E-state index in [4.69, 9.17) is 9.72 Å². The normalized spacial score (nSPS) is 14.5. The number of aromatic nitrogens is 5. The zero-order valence-corrected chi connectivity index (χ0v) is 15.6. The SMILES string of the molecule is CN(c1ccc(N2CCOCC2)cc1)c1ncc(-c2cn[nH]c2)n2ccnc12. The predicted molar refractivity (Wildman–Crippen MR) is 108 cm³/mol. The van der Waals surface area contributed by atoms with Gasteiger partial charge in [0.25, 0.3) is 0 Å². The highest BCUT2D eigenvalue weighted by atomic mass is 16.5. The van der Waals surface area contributed by atoms with Crippen LogP contribution >= 0.6 is 0 Å². The van der Waals surface area contributed by atoms with E-state index in [0.717, 1.165) is 54.7 Å². The minimum atomic E-state index is 0.784. The summed E-state index contributed by atoms with van der Waals surface area (Å²) in [5.74, 6) is 0.802. The molecule has 8 nitrogen and oxygen atoms in total. The molecule has 0 amide bonds. The second-order valence-electron chi connectivity index (χ2n) is 6.75. The van der Waals surface area contributed by atoms with Crippen LogP contribution in [-0.2, 0) is 4.74 Å². The van der Waals surface area contributed by atoms with Crippen LogP contribution in [0.15, 0.2) is 55.2 Å². The first-order valence-corrected chi connectivity index (χ1v) is 9.29. The van der Waals surface area contributed by atoms with Gasteiger partial charge in [-0.25, -0.2) is 9.97 Å². The molecule has 0 radical (unpaired) electrons. The summed E-state index contributed by atoms with van der Waals surface area (Å²) in [5, 5.41) is 6.88. The van der Waals surface area contributed by atoms with Crippen molar-refractivity contribution >= 4 is 22.8 Å². The fraction of sp³-hybridized carbons (Fsp3) is 0.250. The molecule has 28 heavy (non-hydrogen) atoms. The Balaban J connectivity index is 1.47. The third kappa shape index (κ3) is 2.87. The fourth-order valence-corrected chi connectivity index (χ4v) is 3.58. The number of nitrogens with one attached hydrogen (secondary N) is 1. The van der Waals surface area contributed by atoms with Crippen LogP contribution in [0.5, 0.6) is 0 Å². The number of ether oxygens (including phenoxy) is 1. The molecule has 4 heterocycles. The van der Waals surface area contributed by atoms with Crippen molar-refractivity contribution < 1.29 is 4.74 Å². The van der Waals surface area contributed by atoms with Crippen LogP contribution in [0.4, 0.5) is 17.2 Å². The third-order valence-electron chi connectivity index (χ3n) is 5.13. The van der Waals surface area contributed by atoms with E-state index in [1.165, 1.54) is 5.69 Å². The Morgan fingerprint density at radius 3 is 2.64 bits per heavy atom. The molecule has 0 aliphatic carbocycles. The quantitative estimate of drug-likeness (QED) is 0.591. The zero-order valence-electron chi connectivity index (χ0n) is 15.6. The summed E-state index contributed by atoms with van der Waals surface area (Å²) in [4.78, 5) is 13.6. The molecule has 1 saturated heterocycles. The number of H-pyrrole nitrogens is 1. The van der Waals surface area contributed by atoms with Crippen molar-refractivity contribution in [2.45, 2.75) is 0 Å². The van der Waals surface area contributed by atoms with E-state index in [9.17, 15) is 0 Å². The average Bonchev–Trinajstić information content (AvgIpc) is 3.46. The van der Waals surface area contributed by atoms with Crippen LogP contribution in [0.25, 0.3) is 16.9 Å². The zero-order chi connectivity index (χ0) is 18.9. The van der Waals surface area contributed by atoms with Gasteiger partial charge in [0.2, 0.25) is 0 Å². The van der Waals surface area contributed by atoms with Gasteiger partial charge in [0.1, 0.15) is 0 Å². The lowest BCUT2D eigenvalue weighted by Gasteiger charge is -2.29. The fourth-order valence-electron chi connectivity index (χ4n) is 3.58. The Morgan fingerprint density at radius 2 is 1.89 bits per heavy atom. The van der Waals surface area contributed by atoms with Gasteiger partial charge >= 0.3 is 0 Å². The van der Waals surface area contributed by atoms with Crippen LogP contribution < -0.4 is 9.80 Å². The average molecular weight is 375 g/mol. The number of benzene rings is 1. The summed E-state index contributed by atoms with van der Waals surface area (Å²) in [6.45, 7) is 3.43. The predicted octanol–water partition coefficient (Wildman–Crippen LogP) is 2.72. The van der Waals surface area contributed by atoms with Crippen molar-refractivity contribution in [2.75, 3.05) is 43.2 Å². The molecule has 3 aromatic heterocycles. The van der Waals surface area contributed by atoms with Crippen molar-refractivity contribution in [1.82, 2.24) is 24.6 Å².